The second-order valence-electron chi connectivity index (χ2n) is 6.83. The van der Waals surface area contributed by atoms with Gasteiger partial charge in [0, 0.05) is 24.2 Å². The minimum Gasteiger partial charge on any atom is -0.352 e. The predicted octanol–water partition coefficient (Wildman–Crippen LogP) is 2.91. The maximum Gasteiger partial charge on any atom is 0.251 e. The summed E-state index contributed by atoms with van der Waals surface area (Å²) in [6, 6.07) is 4.35. The number of amides is 1. The van der Waals surface area contributed by atoms with Gasteiger partial charge in [-0.05, 0) is 55.2 Å². The van der Waals surface area contributed by atoms with E-state index in [9.17, 15) is 4.79 Å². The summed E-state index contributed by atoms with van der Waals surface area (Å²) in [7, 11) is 0. The molecule has 1 amide bonds. The number of fused-ring (bicyclic) bond motifs is 1. The molecular weight excluding hydrogens is 274 g/mol. The van der Waals surface area contributed by atoms with Crippen molar-refractivity contribution < 1.29 is 4.79 Å². The highest BCUT2D eigenvalue weighted by Crippen LogP contribution is 2.44. The lowest BCUT2D eigenvalue weighted by Crippen LogP contribution is -2.32. The van der Waals surface area contributed by atoms with Gasteiger partial charge in [-0.15, -0.1) is 0 Å². The minimum absolute atomic E-state index is 0.0624. The van der Waals surface area contributed by atoms with Crippen LogP contribution in [-0.2, 0) is 6.42 Å². The molecule has 1 aromatic heterocycles. The highest BCUT2D eigenvalue weighted by Gasteiger charge is 2.30. The summed E-state index contributed by atoms with van der Waals surface area (Å²) >= 11 is 0. The molecule has 4 heteroatoms. The van der Waals surface area contributed by atoms with E-state index >= 15 is 0 Å². The van der Waals surface area contributed by atoms with Gasteiger partial charge in [0.15, 0.2) is 0 Å². The lowest BCUT2D eigenvalue weighted by molar-refractivity contribution is 0.0946. The number of aromatic nitrogens is 2. The second-order valence-corrected chi connectivity index (χ2v) is 6.83. The lowest BCUT2D eigenvalue weighted by atomic mass is 9.94. The zero-order chi connectivity index (χ0) is 14.7. The highest BCUT2D eigenvalue weighted by molar-refractivity contribution is 5.97. The molecule has 0 saturated heterocycles. The van der Waals surface area contributed by atoms with E-state index < -0.39 is 0 Å². The first-order valence-electron chi connectivity index (χ1n) is 8.29. The van der Waals surface area contributed by atoms with Gasteiger partial charge >= 0.3 is 0 Å². The van der Waals surface area contributed by atoms with Crippen LogP contribution in [-0.4, -0.2) is 22.0 Å². The van der Waals surface area contributed by atoms with Crippen molar-refractivity contribution in [1.82, 2.24) is 14.9 Å². The Morgan fingerprint density at radius 1 is 1.14 bits per heavy atom. The van der Waals surface area contributed by atoms with E-state index in [0.29, 0.717) is 11.8 Å². The Bertz CT molecular complexity index is 769. The highest BCUT2D eigenvalue weighted by atomic mass is 16.1. The molecule has 1 aliphatic heterocycles. The Kier molecular flexibility index (Phi) is 2.52. The molecular formula is C18H19N3O. The lowest BCUT2D eigenvalue weighted by Gasteiger charge is -2.20. The van der Waals surface area contributed by atoms with E-state index in [1.165, 1.54) is 42.5 Å². The molecule has 112 valence electrons. The van der Waals surface area contributed by atoms with Gasteiger partial charge in [0.2, 0.25) is 0 Å². The van der Waals surface area contributed by atoms with Crippen LogP contribution in [0.25, 0.3) is 5.69 Å². The van der Waals surface area contributed by atoms with Crippen molar-refractivity contribution in [2.24, 2.45) is 0 Å². The molecule has 2 fully saturated rings. The number of hydrogen-bond acceptors (Lipinski definition) is 2. The van der Waals surface area contributed by atoms with Gasteiger partial charge in [-0.3, -0.25) is 4.79 Å². The van der Waals surface area contributed by atoms with Gasteiger partial charge < -0.3 is 9.88 Å². The van der Waals surface area contributed by atoms with E-state index in [4.69, 9.17) is 0 Å². The molecule has 22 heavy (non-hydrogen) atoms. The number of hydrogen-bond donors (Lipinski definition) is 1. The van der Waals surface area contributed by atoms with Gasteiger partial charge in [-0.25, -0.2) is 4.98 Å². The van der Waals surface area contributed by atoms with Gasteiger partial charge in [0.05, 0.1) is 17.7 Å². The van der Waals surface area contributed by atoms with Crippen molar-refractivity contribution in [3.05, 3.63) is 47.0 Å². The molecule has 0 unspecified atom stereocenters. The summed E-state index contributed by atoms with van der Waals surface area (Å²) in [5.41, 5.74) is 5.79. The van der Waals surface area contributed by atoms with E-state index in [1.54, 1.807) is 0 Å². The molecule has 3 aliphatic rings. The third kappa shape index (κ3) is 1.97. The third-order valence-electron chi connectivity index (χ3n) is 5.07. The van der Waals surface area contributed by atoms with E-state index in [0.717, 1.165) is 24.2 Å². The van der Waals surface area contributed by atoms with Crippen molar-refractivity contribution in [3.63, 3.8) is 0 Å². The Morgan fingerprint density at radius 2 is 1.95 bits per heavy atom. The molecule has 0 bridgehead atoms. The Hall–Kier alpha value is -2.10. The van der Waals surface area contributed by atoms with Crippen LogP contribution in [0.2, 0.25) is 0 Å². The zero-order valence-electron chi connectivity index (χ0n) is 12.5. The largest absolute Gasteiger partial charge is 0.352 e. The molecule has 2 heterocycles. The molecule has 1 N–H and O–H groups in total. The van der Waals surface area contributed by atoms with Crippen molar-refractivity contribution in [2.75, 3.05) is 6.54 Å². The monoisotopic (exact) mass is 293 g/mol. The number of nitrogens with zero attached hydrogens (tertiary/aromatic N) is 2. The topological polar surface area (TPSA) is 46.9 Å². The molecule has 0 radical (unpaired) electrons. The molecule has 0 atom stereocenters. The quantitative estimate of drug-likeness (QED) is 0.946. The van der Waals surface area contributed by atoms with Crippen LogP contribution in [0, 0.1) is 0 Å². The number of nitrogens with one attached hydrogen (secondary N) is 1. The summed E-state index contributed by atoms with van der Waals surface area (Å²) in [5, 5.41) is 2.95. The summed E-state index contributed by atoms with van der Waals surface area (Å²) in [4.78, 5) is 16.7. The fourth-order valence-corrected chi connectivity index (χ4v) is 3.48. The summed E-state index contributed by atoms with van der Waals surface area (Å²) < 4.78 is 2.13. The van der Waals surface area contributed by atoms with Gasteiger partial charge in [-0.2, -0.15) is 0 Å². The standard InChI is InChI=1S/C18H19N3O/c22-18-15-8-17(21-9-16(20-10-21)12-3-4-12)14(11-1-2-11)7-13(15)5-6-19-18/h7-12H,1-6H2,(H,19,22). The zero-order valence-corrected chi connectivity index (χ0v) is 12.5. The number of benzene rings is 1. The predicted molar refractivity (Wildman–Crippen MR) is 83.6 cm³/mol. The number of imidazole rings is 1. The Morgan fingerprint density at radius 3 is 2.73 bits per heavy atom. The van der Waals surface area contributed by atoms with Crippen molar-refractivity contribution in [3.8, 4) is 5.69 Å². The average molecular weight is 293 g/mol. The van der Waals surface area contributed by atoms with Crippen LogP contribution >= 0.6 is 0 Å². The van der Waals surface area contributed by atoms with Crippen LogP contribution < -0.4 is 5.32 Å². The summed E-state index contributed by atoms with van der Waals surface area (Å²) in [6.07, 6.45) is 10.1. The molecule has 2 saturated carbocycles. The molecule has 2 aliphatic carbocycles. The fraction of sp³-hybridized carbons (Fsp3) is 0.444. The van der Waals surface area contributed by atoms with Crippen LogP contribution in [0.5, 0.6) is 0 Å². The normalized spacial score (nSPS) is 20.6. The van der Waals surface area contributed by atoms with Gasteiger partial charge in [0.25, 0.3) is 5.91 Å². The van der Waals surface area contributed by atoms with Gasteiger partial charge in [-0.1, -0.05) is 6.07 Å². The smallest absolute Gasteiger partial charge is 0.251 e. The Labute approximate surface area is 129 Å². The van der Waals surface area contributed by atoms with E-state index in [1.807, 2.05) is 6.33 Å². The first-order valence-corrected chi connectivity index (χ1v) is 8.29. The Balaban J connectivity index is 1.65. The molecule has 1 aromatic carbocycles. The SMILES string of the molecule is O=C1NCCc2cc(C3CC3)c(-n3cnc(C4CC4)c3)cc21. The number of carbonyl (C=O) groups excluding carboxylic acids is 1. The number of carbonyl (C=O) groups is 1. The third-order valence-corrected chi connectivity index (χ3v) is 5.07. The maximum absolute atomic E-state index is 12.2. The second kappa shape index (κ2) is 4.45. The first kappa shape index (κ1) is 12.4. The van der Waals surface area contributed by atoms with E-state index in [-0.39, 0.29) is 5.91 Å². The molecule has 2 aromatic rings. The summed E-state index contributed by atoms with van der Waals surface area (Å²) in [5.74, 6) is 1.39. The van der Waals surface area contributed by atoms with Crippen molar-refractivity contribution in [1.29, 1.82) is 0 Å². The average Bonchev–Trinajstić information content (AvgIpc) is 3.45. The van der Waals surface area contributed by atoms with Crippen LogP contribution in [0.15, 0.2) is 24.7 Å². The van der Waals surface area contributed by atoms with Crippen LogP contribution in [0.4, 0.5) is 0 Å². The molecule has 5 rings (SSSR count). The van der Waals surface area contributed by atoms with Crippen molar-refractivity contribution in [2.45, 2.75) is 43.9 Å². The minimum atomic E-state index is 0.0624. The summed E-state index contributed by atoms with van der Waals surface area (Å²) in [6.45, 7) is 0.756. The fourth-order valence-electron chi connectivity index (χ4n) is 3.48. The molecule has 4 nitrogen and oxygen atoms in total. The van der Waals surface area contributed by atoms with Crippen LogP contribution in [0.1, 0.15) is 64.7 Å². The van der Waals surface area contributed by atoms with Crippen molar-refractivity contribution >= 4 is 5.91 Å². The number of rotatable bonds is 3. The van der Waals surface area contributed by atoms with Crippen LogP contribution in [0.3, 0.4) is 0 Å². The van der Waals surface area contributed by atoms with E-state index in [2.05, 4.69) is 33.2 Å². The maximum atomic E-state index is 12.2. The first-order chi connectivity index (χ1) is 10.8. The molecule has 0 spiro atoms. The van der Waals surface area contributed by atoms with Gasteiger partial charge in [0.1, 0.15) is 0 Å².